The molecule has 2 N–H and O–H groups in total. The van der Waals surface area contributed by atoms with Gasteiger partial charge < -0.3 is 10.6 Å². The summed E-state index contributed by atoms with van der Waals surface area (Å²) in [6, 6.07) is 21.0. The molecule has 1 atom stereocenters. The van der Waals surface area contributed by atoms with E-state index in [9.17, 15) is 0 Å². The summed E-state index contributed by atoms with van der Waals surface area (Å²) in [7, 11) is 0. The third kappa shape index (κ3) is 4.48. The van der Waals surface area contributed by atoms with Gasteiger partial charge in [-0.05, 0) is 55.7 Å². The van der Waals surface area contributed by atoms with E-state index in [2.05, 4.69) is 97.9 Å². The molecule has 3 aromatic rings. The van der Waals surface area contributed by atoms with Crippen LogP contribution in [0.25, 0.3) is 0 Å². The number of pyridine rings is 1. The number of anilines is 2. The van der Waals surface area contributed by atoms with Crippen molar-refractivity contribution in [3.8, 4) is 0 Å². The topological polar surface area (TPSA) is 37.0 Å². The van der Waals surface area contributed by atoms with Crippen LogP contribution in [0, 0.1) is 20.8 Å². The molecule has 1 aromatic heterocycles. The van der Waals surface area contributed by atoms with E-state index in [0.717, 1.165) is 18.8 Å². The fourth-order valence-electron chi connectivity index (χ4n) is 3.40. The molecule has 0 amide bonds. The number of aryl methyl sites for hydroxylation is 3. The largest absolute Gasteiger partial charge is 0.384 e. The van der Waals surface area contributed by atoms with E-state index in [1.165, 1.54) is 28.1 Å². The summed E-state index contributed by atoms with van der Waals surface area (Å²) in [5.74, 6) is 0. The van der Waals surface area contributed by atoms with Crippen LogP contribution in [-0.4, -0.2) is 18.1 Å². The lowest BCUT2D eigenvalue weighted by Crippen LogP contribution is -2.39. The van der Waals surface area contributed by atoms with E-state index < -0.39 is 0 Å². The Morgan fingerprint density at radius 1 is 0.741 bits per heavy atom. The maximum absolute atomic E-state index is 4.66. The van der Waals surface area contributed by atoms with Gasteiger partial charge in [-0.1, -0.05) is 49.4 Å². The molecule has 0 spiro atoms. The second-order valence-electron chi connectivity index (χ2n) is 7.56. The van der Waals surface area contributed by atoms with Gasteiger partial charge in [0.2, 0.25) is 0 Å². The third-order valence-corrected chi connectivity index (χ3v) is 5.23. The van der Waals surface area contributed by atoms with Crippen molar-refractivity contribution < 1.29 is 0 Å². The van der Waals surface area contributed by atoms with Crippen LogP contribution < -0.4 is 10.6 Å². The highest BCUT2D eigenvalue weighted by Gasteiger charge is 2.28. The van der Waals surface area contributed by atoms with Crippen LogP contribution in [0.15, 0.2) is 66.9 Å². The van der Waals surface area contributed by atoms with Crippen LogP contribution in [-0.2, 0) is 5.41 Å². The molecule has 3 nitrogen and oxygen atoms in total. The maximum atomic E-state index is 4.66. The molecule has 0 radical (unpaired) electrons. The molecule has 0 aliphatic carbocycles. The number of rotatable bonds is 7. The Morgan fingerprint density at radius 3 is 2.04 bits per heavy atom. The van der Waals surface area contributed by atoms with E-state index in [-0.39, 0.29) is 5.41 Å². The first-order chi connectivity index (χ1) is 13.0. The van der Waals surface area contributed by atoms with Gasteiger partial charge in [0.1, 0.15) is 0 Å². The van der Waals surface area contributed by atoms with Crippen LogP contribution in [0.2, 0.25) is 0 Å². The standard InChI is InChI=1S/C24H29N3/c1-18-10-5-6-13-21(18)26-16-24(4,22-14-7-8-15-25-22)17-27-23-19(2)11-9-12-20(23)3/h5-15,26-27H,16-17H2,1-4H3/t24-/m1/s1. The van der Waals surface area contributed by atoms with Crippen molar-refractivity contribution in [1.82, 2.24) is 4.98 Å². The van der Waals surface area contributed by atoms with Crippen molar-refractivity contribution in [2.45, 2.75) is 33.1 Å². The number of hydrogen-bond donors (Lipinski definition) is 2. The number of nitrogens with one attached hydrogen (secondary N) is 2. The molecule has 27 heavy (non-hydrogen) atoms. The summed E-state index contributed by atoms with van der Waals surface area (Å²) in [5, 5.41) is 7.33. The first-order valence-corrected chi connectivity index (χ1v) is 9.51. The SMILES string of the molecule is Cc1ccccc1NC[C@](C)(CNc1c(C)cccc1C)c1ccccn1. The minimum absolute atomic E-state index is 0.155. The fourth-order valence-corrected chi connectivity index (χ4v) is 3.40. The zero-order valence-corrected chi connectivity index (χ0v) is 16.7. The predicted octanol–water partition coefficient (Wildman–Crippen LogP) is 5.49. The molecule has 0 saturated heterocycles. The van der Waals surface area contributed by atoms with Crippen LogP contribution in [0.1, 0.15) is 29.3 Å². The van der Waals surface area contributed by atoms with Crippen molar-refractivity contribution in [2.24, 2.45) is 0 Å². The zero-order chi connectivity index (χ0) is 19.3. The molecule has 0 saturated carbocycles. The molecular weight excluding hydrogens is 330 g/mol. The Kier molecular flexibility index (Phi) is 5.80. The van der Waals surface area contributed by atoms with Gasteiger partial charge in [0.25, 0.3) is 0 Å². The van der Waals surface area contributed by atoms with Crippen molar-refractivity contribution >= 4 is 11.4 Å². The van der Waals surface area contributed by atoms with Crippen LogP contribution in [0.4, 0.5) is 11.4 Å². The van der Waals surface area contributed by atoms with Crippen LogP contribution >= 0.6 is 0 Å². The molecular formula is C24H29N3. The molecule has 0 aliphatic heterocycles. The summed E-state index contributed by atoms with van der Waals surface area (Å²) in [6.07, 6.45) is 1.88. The van der Waals surface area contributed by atoms with Gasteiger partial charge in [-0.2, -0.15) is 0 Å². The molecule has 3 rings (SSSR count). The molecule has 0 bridgehead atoms. The van der Waals surface area contributed by atoms with E-state index in [4.69, 9.17) is 0 Å². The van der Waals surface area contributed by atoms with Crippen LogP contribution in [0.3, 0.4) is 0 Å². The summed E-state index contributed by atoms with van der Waals surface area (Å²) in [5.41, 5.74) is 7.12. The van der Waals surface area contributed by atoms with Gasteiger partial charge >= 0.3 is 0 Å². The third-order valence-electron chi connectivity index (χ3n) is 5.23. The number of para-hydroxylation sites is 2. The van der Waals surface area contributed by atoms with Crippen LogP contribution in [0.5, 0.6) is 0 Å². The van der Waals surface area contributed by atoms with E-state index in [1.807, 2.05) is 12.3 Å². The van der Waals surface area contributed by atoms with Gasteiger partial charge in [0.05, 0.1) is 0 Å². The summed E-state index contributed by atoms with van der Waals surface area (Å²) in [4.78, 5) is 4.66. The van der Waals surface area contributed by atoms with Gasteiger partial charge in [0.15, 0.2) is 0 Å². The Bertz CT molecular complexity index is 869. The average Bonchev–Trinajstić information content (AvgIpc) is 2.68. The van der Waals surface area contributed by atoms with Crippen molar-refractivity contribution in [3.05, 3.63) is 89.2 Å². The highest BCUT2D eigenvalue weighted by Crippen LogP contribution is 2.27. The lowest BCUT2D eigenvalue weighted by molar-refractivity contribution is 0.511. The normalized spacial score (nSPS) is 13.0. The second-order valence-corrected chi connectivity index (χ2v) is 7.56. The number of nitrogens with zero attached hydrogens (tertiary/aromatic N) is 1. The predicted molar refractivity (Wildman–Crippen MR) is 116 cm³/mol. The minimum Gasteiger partial charge on any atom is -0.384 e. The van der Waals surface area contributed by atoms with Gasteiger partial charge in [-0.15, -0.1) is 0 Å². The number of benzene rings is 2. The summed E-state index contributed by atoms with van der Waals surface area (Å²) in [6.45, 7) is 10.3. The average molecular weight is 360 g/mol. The molecule has 1 heterocycles. The number of hydrogen-bond acceptors (Lipinski definition) is 3. The van der Waals surface area contributed by atoms with Crippen molar-refractivity contribution in [1.29, 1.82) is 0 Å². The molecule has 0 unspecified atom stereocenters. The smallest absolute Gasteiger partial charge is 0.0497 e. The number of aromatic nitrogens is 1. The molecule has 3 heteroatoms. The van der Waals surface area contributed by atoms with Gasteiger partial charge in [-0.25, -0.2) is 0 Å². The Hall–Kier alpha value is -2.81. The van der Waals surface area contributed by atoms with Crippen molar-refractivity contribution in [2.75, 3.05) is 23.7 Å². The summed E-state index contributed by atoms with van der Waals surface area (Å²) < 4.78 is 0. The first-order valence-electron chi connectivity index (χ1n) is 9.51. The lowest BCUT2D eigenvalue weighted by Gasteiger charge is -2.31. The molecule has 2 aromatic carbocycles. The monoisotopic (exact) mass is 359 g/mol. The highest BCUT2D eigenvalue weighted by molar-refractivity contribution is 5.57. The molecule has 140 valence electrons. The maximum Gasteiger partial charge on any atom is 0.0497 e. The zero-order valence-electron chi connectivity index (χ0n) is 16.7. The molecule has 0 fully saturated rings. The highest BCUT2D eigenvalue weighted by atomic mass is 15.0. The first kappa shape index (κ1) is 19.0. The van der Waals surface area contributed by atoms with E-state index >= 15 is 0 Å². The van der Waals surface area contributed by atoms with E-state index in [1.54, 1.807) is 0 Å². The minimum atomic E-state index is -0.155. The van der Waals surface area contributed by atoms with Crippen molar-refractivity contribution in [3.63, 3.8) is 0 Å². The Labute approximate surface area is 162 Å². The summed E-state index contributed by atoms with van der Waals surface area (Å²) >= 11 is 0. The lowest BCUT2D eigenvalue weighted by atomic mass is 9.85. The Morgan fingerprint density at radius 2 is 1.37 bits per heavy atom. The Balaban J connectivity index is 1.83. The van der Waals surface area contributed by atoms with E-state index in [0.29, 0.717) is 0 Å². The quantitative estimate of drug-likeness (QED) is 0.586. The molecule has 0 aliphatic rings. The van der Waals surface area contributed by atoms with Gasteiger partial charge in [0, 0.05) is 41.8 Å². The second kappa shape index (κ2) is 8.26. The van der Waals surface area contributed by atoms with Gasteiger partial charge in [-0.3, -0.25) is 4.98 Å². The fraction of sp³-hybridized carbons (Fsp3) is 0.292.